The fraction of sp³-hybridized carbons (Fsp3) is 0.917. The van der Waals surface area contributed by atoms with Crippen molar-refractivity contribution >= 4 is 5.91 Å². The molecular weight excluding hydrogens is 204 g/mol. The first-order valence-corrected chi connectivity index (χ1v) is 6.28. The Kier molecular flexibility index (Phi) is 3.50. The quantitative estimate of drug-likeness (QED) is 0.723. The molecule has 16 heavy (non-hydrogen) atoms. The molecular formula is C12H22N2O2. The van der Waals surface area contributed by atoms with Gasteiger partial charge in [-0.1, -0.05) is 13.8 Å². The third-order valence-electron chi connectivity index (χ3n) is 3.67. The SMILES string of the molecule is CC(C)C1CN(C(=O)C2CC2)C(CO)CN1. The maximum Gasteiger partial charge on any atom is 0.226 e. The molecule has 1 saturated carbocycles. The summed E-state index contributed by atoms with van der Waals surface area (Å²) in [5.41, 5.74) is 0. The minimum absolute atomic E-state index is 0.0249. The van der Waals surface area contributed by atoms with Crippen LogP contribution in [0.2, 0.25) is 0 Å². The van der Waals surface area contributed by atoms with Gasteiger partial charge in [-0.05, 0) is 18.8 Å². The zero-order valence-electron chi connectivity index (χ0n) is 10.1. The third kappa shape index (κ3) is 2.38. The predicted molar refractivity (Wildman–Crippen MR) is 61.9 cm³/mol. The summed E-state index contributed by atoms with van der Waals surface area (Å²) < 4.78 is 0. The molecule has 4 nitrogen and oxygen atoms in total. The summed E-state index contributed by atoms with van der Waals surface area (Å²) in [6, 6.07) is 0.341. The van der Waals surface area contributed by atoms with E-state index < -0.39 is 0 Å². The average molecular weight is 226 g/mol. The topological polar surface area (TPSA) is 52.6 Å². The fourth-order valence-corrected chi connectivity index (χ4v) is 2.27. The molecule has 0 radical (unpaired) electrons. The van der Waals surface area contributed by atoms with Crippen LogP contribution >= 0.6 is 0 Å². The maximum absolute atomic E-state index is 12.1. The second kappa shape index (κ2) is 4.72. The molecule has 2 N–H and O–H groups in total. The third-order valence-corrected chi connectivity index (χ3v) is 3.67. The van der Waals surface area contributed by atoms with Gasteiger partial charge in [-0.25, -0.2) is 0 Å². The number of rotatable bonds is 3. The number of nitrogens with zero attached hydrogens (tertiary/aromatic N) is 1. The van der Waals surface area contributed by atoms with Gasteiger partial charge < -0.3 is 15.3 Å². The molecule has 0 aromatic carbocycles. The van der Waals surface area contributed by atoms with Gasteiger partial charge in [0.15, 0.2) is 0 Å². The Balaban J connectivity index is 2.01. The Bertz CT molecular complexity index is 264. The molecule has 4 heteroatoms. The van der Waals surface area contributed by atoms with E-state index in [2.05, 4.69) is 19.2 Å². The smallest absolute Gasteiger partial charge is 0.226 e. The number of carbonyl (C=O) groups is 1. The molecule has 1 amide bonds. The molecule has 0 spiro atoms. The standard InChI is InChI=1S/C12H22N2O2/c1-8(2)11-6-14(10(7-15)5-13-11)12(16)9-3-4-9/h8-11,13,15H,3-7H2,1-2H3. The van der Waals surface area contributed by atoms with E-state index in [1.165, 1.54) is 0 Å². The number of hydrogen-bond donors (Lipinski definition) is 2. The molecule has 2 atom stereocenters. The summed E-state index contributed by atoms with van der Waals surface area (Å²) in [5.74, 6) is 1.03. The first kappa shape index (κ1) is 11.9. The molecule has 2 aliphatic rings. The van der Waals surface area contributed by atoms with Crippen LogP contribution in [0.3, 0.4) is 0 Å². The number of carbonyl (C=O) groups excluding carboxylic acids is 1. The first-order chi connectivity index (χ1) is 7.63. The Morgan fingerprint density at radius 2 is 2.19 bits per heavy atom. The Labute approximate surface area is 97.0 Å². The zero-order valence-corrected chi connectivity index (χ0v) is 10.1. The lowest BCUT2D eigenvalue weighted by molar-refractivity contribution is -0.138. The number of hydrogen-bond acceptors (Lipinski definition) is 3. The highest BCUT2D eigenvalue weighted by molar-refractivity contribution is 5.81. The minimum Gasteiger partial charge on any atom is -0.394 e. The van der Waals surface area contributed by atoms with Gasteiger partial charge in [-0.3, -0.25) is 4.79 Å². The average Bonchev–Trinajstić information content (AvgIpc) is 3.11. The highest BCUT2D eigenvalue weighted by atomic mass is 16.3. The molecule has 1 aliphatic heterocycles. The van der Waals surface area contributed by atoms with Crippen LogP contribution in [-0.4, -0.2) is 47.7 Å². The molecule has 0 aromatic heterocycles. The first-order valence-electron chi connectivity index (χ1n) is 6.28. The fourth-order valence-electron chi connectivity index (χ4n) is 2.27. The van der Waals surface area contributed by atoms with Crippen LogP contribution in [0.25, 0.3) is 0 Å². The van der Waals surface area contributed by atoms with Crippen molar-refractivity contribution in [3.05, 3.63) is 0 Å². The number of aliphatic hydroxyl groups is 1. The van der Waals surface area contributed by atoms with Crippen molar-refractivity contribution in [2.75, 3.05) is 19.7 Å². The van der Waals surface area contributed by atoms with Crippen LogP contribution in [0.15, 0.2) is 0 Å². The maximum atomic E-state index is 12.1. The van der Waals surface area contributed by atoms with Crippen molar-refractivity contribution in [3.63, 3.8) is 0 Å². The lowest BCUT2D eigenvalue weighted by Gasteiger charge is -2.41. The van der Waals surface area contributed by atoms with E-state index in [9.17, 15) is 9.90 Å². The Hall–Kier alpha value is -0.610. The van der Waals surface area contributed by atoms with E-state index in [0.717, 1.165) is 25.9 Å². The van der Waals surface area contributed by atoms with E-state index in [1.54, 1.807) is 0 Å². The lowest BCUT2D eigenvalue weighted by atomic mass is 9.99. The van der Waals surface area contributed by atoms with Gasteiger partial charge in [-0.15, -0.1) is 0 Å². The lowest BCUT2D eigenvalue weighted by Crippen LogP contribution is -2.61. The largest absolute Gasteiger partial charge is 0.394 e. The van der Waals surface area contributed by atoms with Gasteiger partial charge in [0.1, 0.15) is 0 Å². The van der Waals surface area contributed by atoms with Crippen LogP contribution in [-0.2, 0) is 4.79 Å². The van der Waals surface area contributed by atoms with E-state index in [0.29, 0.717) is 12.0 Å². The van der Waals surface area contributed by atoms with E-state index in [4.69, 9.17) is 0 Å². The van der Waals surface area contributed by atoms with Gasteiger partial charge in [0.05, 0.1) is 12.6 Å². The predicted octanol–water partition coefficient (Wildman–Crippen LogP) is 0.214. The van der Waals surface area contributed by atoms with Crippen LogP contribution in [0.4, 0.5) is 0 Å². The highest BCUT2D eigenvalue weighted by Gasteiger charge is 2.39. The van der Waals surface area contributed by atoms with Crippen molar-refractivity contribution < 1.29 is 9.90 Å². The van der Waals surface area contributed by atoms with Gasteiger partial charge in [0.25, 0.3) is 0 Å². The van der Waals surface area contributed by atoms with E-state index in [1.807, 2.05) is 4.90 Å². The Morgan fingerprint density at radius 1 is 1.50 bits per heavy atom. The molecule has 92 valence electrons. The normalized spacial score (nSPS) is 30.9. The summed E-state index contributed by atoms with van der Waals surface area (Å²) in [7, 11) is 0. The molecule has 2 rings (SSSR count). The van der Waals surface area contributed by atoms with Gasteiger partial charge in [0.2, 0.25) is 5.91 Å². The van der Waals surface area contributed by atoms with Crippen molar-refractivity contribution in [1.29, 1.82) is 0 Å². The summed E-state index contributed by atoms with van der Waals surface area (Å²) in [6.45, 7) is 5.86. The van der Waals surface area contributed by atoms with Crippen molar-refractivity contribution in [3.8, 4) is 0 Å². The minimum atomic E-state index is -0.0249. The zero-order chi connectivity index (χ0) is 11.7. The van der Waals surface area contributed by atoms with E-state index in [-0.39, 0.29) is 24.5 Å². The molecule has 0 bridgehead atoms. The highest BCUT2D eigenvalue weighted by Crippen LogP contribution is 2.32. The van der Waals surface area contributed by atoms with Crippen LogP contribution in [0.5, 0.6) is 0 Å². The number of nitrogens with one attached hydrogen (secondary N) is 1. The molecule has 1 heterocycles. The second-order valence-corrected chi connectivity index (χ2v) is 5.36. The van der Waals surface area contributed by atoms with Gasteiger partial charge in [-0.2, -0.15) is 0 Å². The van der Waals surface area contributed by atoms with Crippen LogP contribution < -0.4 is 5.32 Å². The molecule has 1 saturated heterocycles. The van der Waals surface area contributed by atoms with Crippen molar-refractivity contribution in [2.24, 2.45) is 11.8 Å². The van der Waals surface area contributed by atoms with Crippen LogP contribution in [0, 0.1) is 11.8 Å². The van der Waals surface area contributed by atoms with E-state index >= 15 is 0 Å². The number of amides is 1. The van der Waals surface area contributed by atoms with Crippen LogP contribution in [0.1, 0.15) is 26.7 Å². The summed E-state index contributed by atoms with van der Waals surface area (Å²) in [4.78, 5) is 14.0. The number of aliphatic hydroxyl groups excluding tert-OH is 1. The van der Waals surface area contributed by atoms with Crippen molar-refractivity contribution in [1.82, 2.24) is 10.2 Å². The van der Waals surface area contributed by atoms with Gasteiger partial charge in [0, 0.05) is 25.0 Å². The molecule has 0 aromatic rings. The summed E-state index contributed by atoms with van der Waals surface area (Å²) in [6.07, 6.45) is 2.07. The number of piperazine rings is 1. The molecule has 2 fully saturated rings. The monoisotopic (exact) mass is 226 g/mol. The van der Waals surface area contributed by atoms with Crippen molar-refractivity contribution in [2.45, 2.75) is 38.8 Å². The molecule has 1 aliphatic carbocycles. The molecule has 2 unspecified atom stereocenters. The summed E-state index contributed by atoms with van der Waals surface area (Å²) >= 11 is 0. The second-order valence-electron chi connectivity index (χ2n) is 5.36. The Morgan fingerprint density at radius 3 is 2.69 bits per heavy atom. The van der Waals surface area contributed by atoms with Gasteiger partial charge >= 0.3 is 0 Å². The summed E-state index contributed by atoms with van der Waals surface area (Å²) in [5, 5.41) is 12.7.